The minimum atomic E-state index is -0.512. The molecule has 0 aromatic rings. The fraction of sp³-hybridized carbons (Fsp3) is 0.950. The van der Waals surface area contributed by atoms with E-state index in [4.69, 9.17) is 4.74 Å². The predicted octanol–water partition coefficient (Wildman–Crippen LogP) is 4.95. The fourth-order valence-corrected chi connectivity index (χ4v) is 5.94. The van der Waals surface area contributed by atoms with Gasteiger partial charge in [0.05, 0.1) is 12.0 Å². The van der Waals surface area contributed by atoms with Crippen molar-refractivity contribution in [1.82, 2.24) is 0 Å². The first-order valence-electron chi connectivity index (χ1n) is 9.83. The quantitative estimate of drug-likeness (QED) is 0.488. The Hall–Kier alpha value is -0.930. The second-order valence-electron chi connectivity index (χ2n) is 9.41. The van der Waals surface area contributed by atoms with E-state index in [0.717, 1.165) is 18.3 Å². The summed E-state index contributed by atoms with van der Waals surface area (Å²) in [6.45, 7) is 8.50. The maximum absolute atomic E-state index is 13.1. The number of carbonyl (C=O) groups is 1. The minimum absolute atomic E-state index is 0.0577. The summed E-state index contributed by atoms with van der Waals surface area (Å²) in [7, 11) is 0. The van der Waals surface area contributed by atoms with Gasteiger partial charge in [0, 0.05) is 0 Å². The molecule has 4 aliphatic rings. The summed E-state index contributed by atoms with van der Waals surface area (Å²) in [5.41, 5.74) is -0.783. The largest absolute Gasteiger partial charge is 0.458 e. The molecule has 0 aliphatic heterocycles. The Labute approximate surface area is 146 Å². The van der Waals surface area contributed by atoms with Crippen molar-refractivity contribution < 1.29 is 9.53 Å². The summed E-state index contributed by atoms with van der Waals surface area (Å²) in [5.74, 6) is 2.90. The SMILES string of the molecule is CCC(C)(CC(C)CN=O)C(=O)OC1(C)C2CC3CC(C2)CC1C3. The van der Waals surface area contributed by atoms with Crippen LogP contribution < -0.4 is 0 Å². The number of nitroso groups, excluding NO2 is 1. The van der Waals surface area contributed by atoms with Gasteiger partial charge in [-0.2, -0.15) is 4.91 Å². The second-order valence-corrected chi connectivity index (χ2v) is 9.41. The maximum atomic E-state index is 13.1. The van der Waals surface area contributed by atoms with Gasteiger partial charge in [-0.15, -0.1) is 0 Å². The summed E-state index contributed by atoms with van der Waals surface area (Å²) in [6, 6.07) is 0. The van der Waals surface area contributed by atoms with Crippen molar-refractivity contribution in [3.63, 3.8) is 0 Å². The third-order valence-corrected chi connectivity index (χ3v) is 7.53. The van der Waals surface area contributed by atoms with Gasteiger partial charge in [0.2, 0.25) is 0 Å². The molecule has 24 heavy (non-hydrogen) atoms. The molecule has 0 amide bonds. The third-order valence-electron chi connectivity index (χ3n) is 7.53. The lowest BCUT2D eigenvalue weighted by molar-refractivity contribution is -0.212. The van der Waals surface area contributed by atoms with Crippen molar-refractivity contribution in [3.05, 3.63) is 4.91 Å². The molecule has 0 N–H and O–H groups in total. The number of hydrogen-bond donors (Lipinski definition) is 0. The van der Waals surface area contributed by atoms with Crippen molar-refractivity contribution in [3.8, 4) is 0 Å². The summed E-state index contributed by atoms with van der Waals surface area (Å²) in [4.78, 5) is 23.6. The first-order valence-corrected chi connectivity index (χ1v) is 9.83. The highest BCUT2D eigenvalue weighted by Gasteiger charge is 2.57. The first kappa shape index (κ1) is 17.9. The molecule has 2 unspecified atom stereocenters. The van der Waals surface area contributed by atoms with Crippen LogP contribution in [0.2, 0.25) is 0 Å². The zero-order chi connectivity index (χ0) is 17.5. The number of esters is 1. The molecule has 4 nitrogen and oxygen atoms in total. The van der Waals surface area contributed by atoms with Crippen LogP contribution in [0.4, 0.5) is 0 Å². The van der Waals surface area contributed by atoms with Crippen LogP contribution in [0.1, 0.15) is 72.6 Å². The average Bonchev–Trinajstić information content (AvgIpc) is 2.52. The van der Waals surface area contributed by atoms with Crippen LogP contribution in [-0.4, -0.2) is 18.1 Å². The number of rotatable bonds is 7. The van der Waals surface area contributed by atoms with Gasteiger partial charge in [0.1, 0.15) is 5.60 Å². The molecule has 4 saturated carbocycles. The smallest absolute Gasteiger partial charge is 0.312 e. The van der Waals surface area contributed by atoms with Gasteiger partial charge in [-0.3, -0.25) is 4.79 Å². The van der Waals surface area contributed by atoms with Crippen molar-refractivity contribution in [1.29, 1.82) is 0 Å². The maximum Gasteiger partial charge on any atom is 0.312 e. The standard InChI is InChI=1S/C20H33NO3/c1-5-19(3,11-13(2)12-21-23)18(22)24-20(4)16-7-14-6-15(9-16)10-17(20)8-14/h13-17H,5-12H2,1-4H3. The monoisotopic (exact) mass is 335 g/mol. The molecule has 4 heteroatoms. The van der Waals surface area contributed by atoms with E-state index >= 15 is 0 Å². The van der Waals surface area contributed by atoms with Crippen molar-refractivity contribution in [2.75, 3.05) is 6.54 Å². The molecule has 4 rings (SSSR count). The molecule has 0 radical (unpaired) electrons. The van der Waals surface area contributed by atoms with E-state index in [2.05, 4.69) is 12.1 Å². The van der Waals surface area contributed by atoms with Gasteiger partial charge in [-0.05, 0) is 88.4 Å². The summed E-state index contributed by atoms with van der Waals surface area (Å²) in [5, 5.41) is 3.00. The molecule has 2 atom stereocenters. The zero-order valence-electron chi connectivity index (χ0n) is 15.7. The topological polar surface area (TPSA) is 55.7 Å². The number of ether oxygens (including phenoxy) is 1. The molecule has 4 fully saturated rings. The van der Waals surface area contributed by atoms with Crippen molar-refractivity contribution in [2.45, 2.75) is 78.2 Å². The van der Waals surface area contributed by atoms with Gasteiger partial charge in [-0.1, -0.05) is 19.0 Å². The lowest BCUT2D eigenvalue weighted by atomic mass is 9.50. The van der Waals surface area contributed by atoms with Crippen LogP contribution in [0.5, 0.6) is 0 Å². The molecule has 4 bridgehead atoms. The van der Waals surface area contributed by atoms with Crippen LogP contribution in [0.15, 0.2) is 5.18 Å². The van der Waals surface area contributed by atoms with E-state index in [-0.39, 0.29) is 24.0 Å². The number of hydrogen-bond acceptors (Lipinski definition) is 4. The number of nitrogens with zero attached hydrogens (tertiary/aromatic N) is 1. The Morgan fingerprint density at radius 2 is 1.75 bits per heavy atom. The second kappa shape index (κ2) is 6.42. The van der Waals surface area contributed by atoms with Crippen molar-refractivity contribution >= 4 is 5.97 Å². The van der Waals surface area contributed by atoms with E-state index < -0.39 is 5.41 Å². The Bertz CT molecular complexity index is 475. The highest BCUT2D eigenvalue weighted by atomic mass is 16.6. The van der Waals surface area contributed by atoms with Crippen molar-refractivity contribution in [2.24, 2.45) is 40.2 Å². The highest BCUT2D eigenvalue weighted by molar-refractivity contribution is 5.77. The molecular formula is C20H33NO3. The van der Waals surface area contributed by atoms with Gasteiger partial charge in [0.15, 0.2) is 0 Å². The van der Waals surface area contributed by atoms with Crippen LogP contribution >= 0.6 is 0 Å². The molecule has 0 aromatic heterocycles. The number of carbonyl (C=O) groups excluding carboxylic acids is 1. The molecule has 0 heterocycles. The lowest BCUT2D eigenvalue weighted by Gasteiger charge is -2.59. The Morgan fingerprint density at radius 1 is 1.21 bits per heavy atom. The predicted molar refractivity (Wildman–Crippen MR) is 94.4 cm³/mol. The van der Waals surface area contributed by atoms with Crippen LogP contribution in [0.25, 0.3) is 0 Å². The molecule has 0 spiro atoms. The minimum Gasteiger partial charge on any atom is -0.458 e. The summed E-state index contributed by atoms with van der Waals surface area (Å²) < 4.78 is 6.30. The molecule has 0 saturated heterocycles. The summed E-state index contributed by atoms with van der Waals surface area (Å²) >= 11 is 0. The van der Waals surface area contributed by atoms with E-state index in [1.165, 1.54) is 32.1 Å². The van der Waals surface area contributed by atoms with E-state index in [0.29, 0.717) is 18.3 Å². The third kappa shape index (κ3) is 3.01. The normalized spacial score (nSPS) is 40.8. The van der Waals surface area contributed by atoms with Gasteiger partial charge in [0.25, 0.3) is 0 Å². The van der Waals surface area contributed by atoms with Gasteiger partial charge >= 0.3 is 5.97 Å². The highest BCUT2D eigenvalue weighted by Crippen LogP contribution is 2.59. The zero-order valence-corrected chi connectivity index (χ0v) is 15.7. The van der Waals surface area contributed by atoms with Gasteiger partial charge < -0.3 is 4.74 Å². The van der Waals surface area contributed by atoms with Crippen LogP contribution in [0, 0.1) is 39.9 Å². The van der Waals surface area contributed by atoms with E-state index in [1.54, 1.807) is 0 Å². The van der Waals surface area contributed by atoms with E-state index in [9.17, 15) is 9.70 Å². The van der Waals surface area contributed by atoms with Crippen LogP contribution in [-0.2, 0) is 9.53 Å². The molecular weight excluding hydrogens is 302 g/mol. The van der Waals surface area contributed by atoms with E-state index in [1.807, 2.05) is 20.8 Å². The fourth-order valence-electron chi connectivity index (χ4n) is 5.94. The molecule has 136 valence electrons. The Morgan fingerprint density at radius 3 is 2.21 bits per heavy atom. The summed E-state index contributed by atoms with van der Waals surface area (Å²) in [6.07, 6.45) is 7.78. The lowest BCUT2D eigenvalue weighted by Crippen LogP contribution is -2.59. The first-order chi connectivity index (χ1) is 11.3. The van der Waals surface area contributed by atoms with Crippen LogP contribution in [0.3, 0.4) is 0 Å². The average molecular weight is 335 g/mol. The molecule has 4 aliphatic carbocycles. The molecule has 0 aromatic carbocycles. The Balaban J connectivity index is 1.71. The van der Waals surface area contributed by atoms with Gasteiger partial charge in [-0.25, -0.2) is 0 Å². The Kier molecular flexibility index (Phi) is 4.78.